The Morgan fingerprint density at radius 1 is 1.21 bits per heavy atom. The lowest BCUT2D eigenvalue weighted by Crippen LogP contribution is -2.42. The number of rotatable bonds is 5. The van der Waals surface area contributed by atoms with Gasteiger partial charge in [-0.1, -0.05) is 29.8 Å². The van der Waals surface area contributed by atoms with Crippen molar-refractivity contribution in [1.82, 2.24) is 15.4 Å². The van der Waals surface area contributed by atoms with Crippen molar-refractivity contribution in [3.63, 3.8) is 0 Å². The van der Waals surface area contributed by atoms with Crippen LogP contribution in [0.25, 0.3) is 6.08 Å². The predicted octanol–water partition coefficient (Wildman–Crippen LogP) is 3.39. The Hall–Kier alpha value is -2.61. The average Bonchev–Trinajstić information content (AvgIpc) is 2.74. The zero-order valence-corrected chi connectivity index (χ0v) is 17.1. The Morgan fingerprint density at radius 3 is 2.52 bits per heavy atom. The molecule has 154 valence electrons. The zero-order chi connectivity index (χ0) is 19.9. The van der Waals surface area contributed by atoms with E-state index in [1.807, 2.05) is 35.2 Å². The van der Waals surface area contributed by atoms with E-state index < -0.39 is 5.91 Å². The van der Waals surface area contributed by atoms with E-state index in [2.05, 4.69) is 10.3 Å². The van der Waals surface area contributed by atoms with Gasteiger partial charge in [0.2, 0.25) is 0 Å². The first kappa shape index (κ1) is 22.7. The summed E-state index contributed by atoms with van der Waals surface area (Å²) in [7, 11) is 0. The van der Waals surface area contributed by atoms with Crippen LogP contribution in [0.1, 0.15) is 28.8 Å². The molecule has 3 N–H and O–H groups in total. The first-order chi connectivity index (χ1) is 13.6. The number of hydroxylamine groups is 1. The van der Waals surface area contributed by atoms with E-state index in [0.29, 0.717) is 35.1 Å². The number of benzene rings is 1. The van der Waals surface area contributed by atoms with Crippen molar-refractivity contribution >= 4 is 47.7 Å². The lowest BCUT2D eigenvalue weighted by Gasteiger charge is -2.32. The molecule has 0 atom stereocenters. The van der Waals surface area contributed by atoms with Crippen molar-refractivity contribution in [3.8, 4) is 0 Å². The lowest BCUT2D eigenvalue weighted by molar-refractivity contribution is -0.124. The highest BCUT2D eigenvalue weighted by molar-refractivity contribution is 6.33. The Kier molecular flexibility index (Phi) is 8.45. The summed E-state index contributed by atoms with van der Waals surface area (Å²) in [6.45, 7) is 1.33. The molecule has 2 heterocycles. The number of hydrogen-bond acceptors (Lipinski definition) is 5. The van der Waals surface area contributed by atoms with Gasteiger partial charge in [-0.3, -0.25) is 14.8 Å². The van der Waals surface area contributed by atoms with Crippen LogP contribution in [0.3, 0.4) is 0 Å². The number of likely N-dealkylation sites (tertiary alicyclic amines) is 1. The average molecular weight is 437 g/mol. The monoisotopic (exact) mass is 436 g/mol. The summed E-state index contributed by atoms with van der Waals surface area (Å²) < 4.78 is 0. The van der Waals surface area contributed by atoms with E-state index in [-0.39, 0.29) is 24.4 Å². The molecule has 9 heteroatoms. The van der Waals surface area contributed by atoms with E-state index in [0.717, 1.165) is 12.8 Å². The zero-order valence-electron chi connectivity index (χ0n) is 15.5. The summed E-state index contributed by atoms with van der Waals surface area (Å²) in [5.74, 6) is -0.00772. The van der Waals surface area contributed by atoms with Gasteiger partial charge in [0.05, 0.1) is 5.02 Å². The van der Waals surface area contributed by atoms with Gasteiger partial charge in [0.25, 0.3) is 11.8 Å². The number of piperidine rings is 1. The third-order valence-corrected chi connectivity index (χ3v) is 4.83. The molecule has 0 radical (unpaired) electrons. The molecule has 0 saturated carbocycles. The summed E-state index contributed by atoms with van der Waals surface area (Å²) in [6.07, 6.45) is 5.87. The second-order valence-corrected chi connectivity index (χ2v) is 6.89. The summed E-state index contributed by atoms with van der Waals surface area (Å²) in [5.41, 5.74) is 2.86. The maximum Gasteiger partial charge on any atom is 0.267 e. The molecule has 1 fully saturated rings. The molecule has 3 rings (SSSR count). The summed E-state index contributed by atoms with van der Waals surface area (Å²) in [5, 5.41) is 12.3. The van der Waals surface area contributed by atoms with E-state index in [1.54, 1.807) is 12.3 Å². The quantitative estimate of drug-likeness (QED) is 0.379. The van der Waals surface area contributed by atoms with Crippen molar-refractivity contribution in [2.45, 2.75) is 18.9 Å². The Morgan fingerprint density at radius 2 is 1.90 bits per heavy atom. The first-order valence-corrected chi connectivity index (χ1v) is 9.33. The molecule has 1 aromatic heterocycles. The molecule has 2 aromatic rings. The van der Waals surface area contributed by atoms with E-state index >= 15 is 0 Å². The standard InChI is InChI=1S/C20H21ClN4O3.ClH/c21-17-12-14(6-7-18(26)24-28)13-22-19(17)23-16-8-10-25(11-9-16)20(27)15-4-2-1-3-5-15;/h1-7,12-13,16,28H,8-11H2,(H,22,23)(H,24,26);1H/b7-6+;. The van der Waals surface area contributed by atoms with Gasteiger partial charge in [0.15, 0.2) is 0 Å². The van der Waals surface area contributed by atoms with Crippen molar-refractivity contribution in [1.29, 1.82) is 0 Å². The van der Waals surface area contributed by atoms with Crippen LogP contribution in [0.2, 0.25) is 5.02 Å². The van der Waals surface area contributed by atoms with Gasteiger partial charge in [0, 0.05) is 37.0 Å². The number of anilines is 1. The molecule has 7 nitrogen and oxygen atoms in total. The van der Waals surface area contributed by atoms with Crippen LogP contribution in [0.5, 0.6) is 0 Å². The minimum Gasteiger partial charge on any atom is -0.366 e. The van der Waals surface area contributed by atoms with Gasteiger partial charge in [-0.2, -0.15) is 0 Å². The fourth-order valence-corrected chi connectivity index (χ4v) is 3.27. The van der Waals surface area contributed by atoms with Gasteiger partial charge in [-0.25, -0.2) is 10.5 Å². The normalized spacial score (nSPS) is 14.3. The maximum atomic E-state index is 12.5. The molecule has 0 bridgehead atoms. The Bertz CT molecular complexity index is 869. The predicted molar refractivity (Wildman–Crippen MR) is 114 cm³/mol. The molecular formula is C20H22Cl2N4O3. The second-order valence-electron chi connectivity index (χ2n) is 6.49. The van der Waals surface area contributed by atoms with E-state index in [1.165, 1.54) is 17.6 Å². The third kappa shape index (κ3) is 6.19. The van der Waals surface area contributed by atoms with Crippen LogP contribution in [0.15, 0.2) is 48.7 Å². The van der Waals surface area contributed by atoms with Crippen molar-refractivity contribution in [3.05, 3.63) is 64.8 Å². The summed E-state index contributed by atoms with van der Waals surface area (Å²) >= 11 is 6.28. The van der Waals surface area contributed by atoms with Crippen LogP contribution >= 0.6 is 24.0 Å². The number of nitrogens with one attached hydrogen (secondary N) is 2. The van der Waals surface area contributed by atoms with Gasteiger partial charge < -0.3 is 10.2 Å². The molecule has 2 amide bonds. The topological polar surface area (TPSA) is 94.6 Å². The molecule has 0 unspecified atom stereocenters. The smallest absolute Gasteiger partial charge is 0.267 e. The summed E-state index contributed by atoms with van der Waals surface area (Å²) in [4.78, 5) is 29.7. The van der Waals surface area contributed by atoms with Crippen LogP contribution in [0, 0.1) is 0 Å². The van der Waals surface area contributed by atoms with Gasteiger partial charge in [-0.05, 0) is 42.7 Å². The molecule has 1 aromatic carbocycles. The molecule has 1 aliphatic heterocycles. The molecule has 0 aliphatic carbocycles. The van der Waals surface area contributed by atoms with Gasteiger partial charge in [0.1, 0.15) is 5.82 Å². The van der Waals surface area contributed by atoms with Gasteiger partial charge in [-0.15, -0.1) is 12.4 Å². The number of amides is 2. The minimum atomic E-state index is -0.630. The van der Waals surface area contributed by atoms with Crippen LogP contribution < -0.4 is 10.8 Å². The fraction of sp³-hybridized carbons (Fsp3) is 0.250. The summed E-state index contributed by atoms with van der Waals surface area (Å²) in [6, 6.07) is 11.1. The highest BCUT2D eigenvalue weighted by atomic mass is 35.5. The maximum absolute atomic E-state index is 12.5. The first-order valence-electron chi connectivity index (χ1n) is 8.95. The van der Waals surface area contributed by atoms with Crippen LogP contribution in [-0.4, -0.2) is 46.0 Å². The van der Waals surface area contributed by atoms with Crippen LogP contribution in [-0.2, 0) is 4.79 Å². The number of carbonyl (C=O) groups excluding carboxylic acids is 2. The second kappa shape index (κ2) is 10.8. The molecular weight excluding hydrogens is 415 g/mol. The number of halogens is 2. The third-order valence-electron chi connectivity index (χ3n) is 4.54. The molecule has 1 saturated heterocycles. The van der Waals surface area contributed by atoms with Crippen molar-refractivity contribution in [2.24, 2.45) is 0 Å². The van der Waals surface area contributed by atoms with E-state index in [9.17, 15) is 9.59 Å². The molecule has 0 spiro atoms. The number of nitrogens with zero attached hydrogens (tertiary/aromatic N) is 2. The number of hydrogen-bond donors (Lipinski definition) is 3. The Labute approximate surface area is 180 Å². The highest BCUT2D eigenvalue weighted by Crippen LogP contribution is 2.24. The highest BCUT2D eigenvalue weighted by Gasteiger charge is 2.24. The minimum absolute atomic E-state index is 0. The molecule has 29 heavy (non-hydrogen) atoms. The lowest BCUT2D eigenvalue weighted by atomic mass is 10.0. The van der Waals surface area contributed by atoms with Crippen molar-refractivity contribution < 1.29 is 14.8 Å². The van der Waals surface area contributed by atoms with Gasteiger partial charge >= 0.3 is 0 Å². The largest absolute Gasteiger partial charge is 0.366 e. The SMILES string of the molecule is Cl.O=C(/C=C/c1cnc(NC2CCN(C(=O)c3ccccc3)CC2)c(Cl)c1)NO. The Balaban J connectivity index is 0.00000300. The fourth-order valence-electron chi connectivity index (χ4n) is 3.04. The van der Waals surface area contributed by atoms with Crippen molar-refractivity contribution in [2.75, 3.05) is 18.4 Å². The number of pyridine rings is 1. The molecule has 1 aliphatic rings. The van der Waals surface area contributed by atoms with E-state index in [4.69, 9.17) is 16.8 Å². The van der Waals surface area contributed by atoms with Crippen LogP contribution in [0.4, 0.5) is 5.82 Å². The number of carbonyl (C=O) groups is 2. The number of aromatic nitrogens is 1.